The van der Waals surface area contributed by atoms with Gasteiger partial charge in [0.25, 0.3) is 0 Å². The number of ether oxygens (including phenoxy) is 1. The smallest absolute Gasteiger partial charge is 0.349 e. The van der Waals surface area contributed by atoms with E-state index in [1.54, 1.807) is 0 Å². The summed E-state index contributed by atoms with van der Waals surface area (Å²) in [6, 6.07) is 4.57. The van der Waals surface area contributed by atoms with E-state index in [1.165, 1.54) is 12.1 Å². The maximum Gasteiger partial charge on any atom is 0.349 e. The molecule has 0 aliphatic heterocycles. The number of carbonyl (C=O) groups is 2. The van der Waals surface area contributed by atoms with Gasteiger partial charge in [-0.3, -0.25) is 14.9 Å². The van der Waals surface area contributed by atoms with Crippen LogP contribution in [0.2, 0.25) is 0 Å². The van der Waals surface area contributed by atoms with Crippen LogP contribution in [-0.2, 0) is 4.74 Å². The van der Waals surface area contributed by atoms with Gasteiger partial charge in [-0.15, -0.1) is 0 Å². The second-order valence-electron chi connectivity index (χ2n) is 5.53. The molecule has 1 aromatic heterocycles. The Bertz CT molecular complexity index is 811. The van der Waals surface area contributed by atoms with Gasteiger partial charge in [-0.05, 0) is 56.0 Å². The largest absolute Gasteiger partial charge is 0.453 e. The van der Waals surface area contributed by atoms with Gasteiger partial charge in [-0.2, -0.15) is 0 Å². The van der Waals surface area contributed by atoms with Gasteiger partial charge in [0.05, 0.1) is 4.92 Å². The van der Waals surface area contributed by atoms with Crippen molar-refractivity contribution in [3.63, 3.8) is 0 Å². The molecule has 24 heavy (non-hydrogen) atoms. The van der Waals surface area contributed by atoms with E-state index in [2.05, 4.69) is 0 Å². The first kappa shape index (κ1) is 17.8. The minimum Gasteiger partial charge on any atom is -0.453 e. The molecule has 126 valence electrons. The molecule has 0 aliphatic carbocycles. The molecule has 0 radical (unpaired) electrons. The van der Waals surface area contributed by atoms with Crippen molar-refractivity contribution in [3.05, 3.63) is 61.0 Å². The summed E-state index contributed by atoms with van der Waals surface area (Å²) in [4.78, 5) is 34.6. The van der Waals surface area contributed by atoms with Crippen LogP contribution in [0.3, 0.4) is 0 Å². The quantitative estimate of drug-likeness (QED) is 0.354. The molecule has 2 aromatic rings. The fourth-order valence-electron chi connectivity index (χ4n) is 2.45. The fraction of sp³-hybridized carbons (Fsp3) is 0.294. The molecule has 0 unspecified atom stereocenters. The van der Waals surface area contributed by atoms with E-state index >= 15 is 0 Å². The van der Waals surface area contributed by atoms with Crippen LogP contribution >= 0.6 is 11.3 Å². The Kier molecular flexibility index (Phi) is 5.14. The number of thiophene rings is 1. The van der Waals surface area contributed by atoms with Crippen molar-refractivity contribution in [1.82, 2.24) is 0 Å². The predicted molar refractivity (Wildman–Crippen MR) is 91.0 cm³/mol. The summed E-state index contributed by atoms with van der Waals surface area (Å²) in [7, 11) is 0. The third-order valence-electron chi connectivity index (χ3n) is 3.95. The number of nitro groups is 1. The Labute approximate surface area is 143 Å². The van der Waals surface area contributed by atoms with Crippen molar-refractivity contribution >= 4 is 28.1 Å². The minimum atomic E-state index is -0.735. The van der Waals surface area contributed by atoms with Crippen LogP contribution < -0.4 is 0 Å². The Morgan fingerprint density at radius 3 is 2.21 bits per heavy atom. The number of hydrogen-bond donors (Lipinski definition) is 0. The lowest BCUT2D eigenvalue weighted by atomic mass is 9.92. The van der Waals surface area contributed by atoms with E-state index in [4.69, 9.17) is 4.74 Å². The standard InChI is InChI=1S/C17H17NO5S/c1-9-7-10(2)12(4)16(11(9)3)13(19)8-23-17(20)14-5-6-15(24-14)18(21)22/h5-7H,8H2,1-4H3. The topological polar surface area (TPSA) is 86.5 Å². The van der Waals surface area contributed by atoms with Gasteiger partial charge in [0.15, 0.2) is 6.61 Å². The molecule has 0 N–H and O–H groups in total. The van der Waals surface area contributed by atoms with E-state index in [-0.39, 0.29) is 15.7 Å². The lowest BCUT2D eigenvalue weighted by Crippen LogP contribution is -2.16. The van der Waals surface area contributed by atoms with Crippen LogP contribution in [-0.4, -0.2) is 23.3 Å². The van der Waals surface area contributed by atoms with Crippen LogP contribution in [0.1, 0.15) is 42.3 Å². The average Bonchev–Trinajstić information content (AvgIpc) is 3.01. The first-order valence-corrected chi connectivity index (χ1v) is 8.06. The molecule has 0 spiro atoms. The monoisotopic (exact) mass is 347 g/mol. The second-order valence-corrected chi connectivity index (χ2v) is 6.59. The summed E-state index contributed by atoms with van der Waals surface area (Å²) in [5.41, 5.74) is 4.30. The Morgan fingerprint density at radius 2 is 1.71 bits per heavy atom. The Balaban J connectivity index is 2.13. The highest BCUT2D eigenvalue weighted by Gasteiger charge is 2.20. The van der Waals surface area contributed by atoms with Gasteiger partial charge in [-0.1, -0.05) is 17.4 Å². The molecule has 7 heteroatoms. The molecule has 0 saturated heterocycles. The average molecular weight is 347 g/mol. The number of Topliss-reactive ketones (excluding diaryl/α,β-unsaturated/α-hetero) is 1. The summed E-state index contributed by atoms with van der Waals surface area (Å²) in [6.07, 6.45) is 0. The molecular formula is C17H17NO5S. The van der Waals surface area contributed by atoms with Gasteiger partial charge >= 0.3 is 11.0 Å². The number of benzene rings is 1. The highest BCUT2D eigenvalue weighted by molar-refractivity contribution is 7.17. The summed E-state index contributed by atoms with van der Waals surface area (Å²) in [6.45, 7) is 7.18. The van der Waals surface area contributed by atoms with E-state index in [0.29, 0.717) is 5.56 Å². The Morgan fingerprint density at radius 1 is 1.12 bits per heavy atom. The zero-order valence-electron chi connectivity index (χ0n) is 13.8. The van der Waals surface area contributed by atoms with E-state index in [9.17, 15) is 19.7 Å². The molecule has 0 saturated carbocycles. The van der Waals surface area contributed by atoms with E-state index < -0.39 is 17.5 Å². The molecule has 0 fully saturated rings. The summed E-state index contributed by atoms with van der Waals surface area (Å²) < 4.78 is 5.03. The van der Waals surface area contributed by atoms with Crippen molar-refractivity contribution in [3.8, 4) is 0 Å². The molecule has 0 amide bonds. The first-order valence-electron chi connectivity index (χ1n) is 7.24. The normalized spacial score (nSPS) is 10.5. The number of nitrogens with zero attached hydrogens (tertiary/aromatic N) is 1. The highest BCUT2D eigenvalue weighted by Crippen LogP contribution is 2.25. The van der Waals surface area contributed by atoms with Crippen molar-refractivity contribution in [1.29, 1.82) is 0 Å². The maximum atomic E-state index is 12.5. The molecule has 1 aromatic carbocycles. The molecule has 6 nitrogen and oxygen atoms in total. The lowest BCUT2D eigenvalue weighted by Gasteiger charge is -2.14. The highest BCUT2D eigenvalue weighted by atomic mass is 32.1. The van der Waals surface area contributed by atoms with Crippen molar-refractivity contribution < 1.29 is 19.2 Å². The number of rotatable bonds is 5. The van der Waals surface area contributed by atoms with Crippen LogP contribution in [0.5, 0.6) is 0 Å². The third kappa shape index (κ3) is 3.51. The van der Waals surface area contributed by atoms with Crippen molar-refractivity contribution in [2.45, 2.75) is 27.7 Å². The van der Waals surface area contributed by atoms with Gasteiger partial charge in [0.2, 0.25) is 5.78 Å². The predicted octanol–water partition coefficient (Wildman–Crippen LogP) is 3.93. The zero-order valence-corrected chi connectivity index (χ0v) is 14.7. The molecule has 0 aliphatic rings. The summed E-state index contributed by atoms with van der Waals surface area (Å²) >= 11 is 0.723. The summed E-state index contributed by atoms with van der Waals surface area (Å²) in [5, 5.41) is 10.5. The van der Waals surface area contributed by atoms with Crippen LogP contribution in [0.15, 0.2) is 18.2 Å². The molecule has 0 bridgehead atoms. The minimum absolute atomic E-state index is 0.100. The number of aryl methyl sites for hydroxylation is 2. The van der Waals surface area contributed by atoms with Crippen LogP contribution in [0.4, 0.5) is 5.00 Å². The molecule has 1 heterocycles. The number of hydrogen-bond acceptors (Lipinski definition) is 6. The number of ketones is 1. The maximum absolute atomic E-state index is 12.5. The Hall–Kier alpha value is -2.54. The van der Waals surface area contributed by atoms with Gasteiger partial charge in [0, 0.05) is 11.6 Å². The third-order valence-corrected chi connectivity index (χ3v) is 4.97. The number of carbonyl (C=O) groups excluding carboxylic acids is 2. The van der Waals surface area contributed by atoms with Gasteiger partial charge < -0.3 is 4.74 Å². The molecular weight excluding hydrogens is 330 g/mol. The van der Waals surface area contributed by atoms with Gasteiger partial charge in [0.1, 0.15) is 4.88 Å². The van der Waals surface area contributed by atoms with Crippen LogP contribution in [0, 0.1) is 37.8 Å². The SMILES string of the molecule is Cc1cc(C)c(C)c(C(=O)COC(=O)c2ccc([N+](=O)[O-])s2)c1C. The van der Waals surface area contributed by atoms with Crippen molar-refractivity contribution in [2.75, 3.05) is 6.61 Å². The molecule has 2 rings (SSSR count). The van der Waals surface area contributed by atoms with E-state index in [1.807, 2.05) is 33.8 Å². The molecule has 0 atom stereocenters. The van der Waals surface area contributed by atoms with E-state index in [0.717, 1.165) is 33.6 Å². The van der Waals surface area contributed by atoms with Crippen LogP contribution in [0.25, 0.3) is 0 Å². The summed E-state index contributed by atoms with van der Waals surface area (Å²) in [5.74, 6) is -1.02. The second kappa shape index (κ2) is 6.92. The number of esters is 1. The first-order chi connectivity index (χ1) is 11.2. The van der Waals surface area contributed by atoms with Crippen molar-refractivity contribution in [2.24, 2.45) is 0 Å². The van der Waals surface area contributed by atoms with Gasteiger partial charge in [-0.25, -0.2) is 4.79 Å². The lowest BCUT2D eigenvalue weighted by molar-refractivity contribution is -0.380. The fourth-order valence-corrected chi connectivity index (χ4v) is 3.16. The zero-order chi connectivity index (χ0) is 18.0.